The highest BCUT2D eigenvalue weighted by Gasteiger charge is 2.42. The van der Waals surface area contributed by atoms with Gasteiger partial charge >= 0.3 is 0 Å². The van der Waals surface area contributed by atoms with Gasteiger partial charge in [0, 0.05) is 25.0 Å². The van der Waals surface area contributed by atoms with Gasteiger partial charge in [0.2, 0.25) is 23.7 Å². The average molecular weight is 497 g/mol. The number of aromatic nitrogens is 2. The zero-order valence-corrected chi connectivity index (χ0v) is 21.3. The number of anilines is 3. The Morgan fingerprint density at radius 3 is 2.51 bits per heavy atom. The van der Waals surface area contributed by atoms with Crippen LogP contribution >= 0.6 is 0 Å². The van der Waals surface area contributed by atoms with Crippen LogP contribution in [0.5, 0.6) is 0 Å². The summed E-state index contributed by atoms with van der Waals surface area (Å²) in [6, 6.07) is 15.6. The van der Waals surface area contributed by atoms with Crippen molar-refractivity contribution < 1.29 is 14.3 Å². The second-order valence-electron chi connectivity index (χ2n) is 9.31. The quantitative estimate of drug-likeness (QED) is 0.381. The van der Waals surface area contributed by atoms with Crippen LogP contribution in [0.25, 0.3) is 11.0 Å². The topological polar surface area (TPSA) is 83.3 Å². The van der Waals surface area contributed by atoms with Crippen molar-refractivity contribution in [1.29, 1.82) is 0 Å². The van der Waals surface area contributed by atoms with E-state index in [4.69, 9.17) is 9.73 Å². The molecule has 0 fully saturated rings. The molecule has 3 aliphatic rings. The lowest BCUT2D eigenvalue weighted by atomic mass is 10.1. The maximum Gasteiger partial charge on any atom is 0.246 e. The molecule has 1 atom stereocenters. The van der Waals surface area contributed by atoms with Gasteiger partial charge in [-0.05, 0) is 57.5 Å². The van der Waals surface area contributed by atoms with E-state index in [-0.39, 0.29) is 11.8 Å². The first kappa shape index (κ1) is 23.2. The third-order valence-corrected chi connectivity index (χ3v) is 7.16. The molecule has 0 spiro atoms. The summed E-state index contributed by atoms with van der Waals surface area (Å²) < 4.78 is 7.20. The van der Waals surface area contributed by atoms with Crippen LogP contribution in [0.1, 0.15) is 32.5 Å². The van der Waals surface area contributed by atoms with Gasteiger partial charge in [0.25, 0.3) is 0 Å². The first-order valence-corrected chi connectivity index (χ1v) is 12.5. The predicted octanol–water partition coefficient (Wildman–Crippen LogP) is 4.53. The second-order valence-corrected chi connectivity index (χ2v) is 9.31. The fourth-order valence-corrected chi connectivity index (χ4v) is 5.07. The van der Waals surface area contributed by atoms with E-state index >= 15 is 0 Å². The monoisotopic (exact) mass is 496 g/mol. The smallest absolute Gasteiger partial charge is 0.246 e. The molecule has 1 unspecified atom stereocenters. The Labute approximate surface area is 214 Å². The fourth-order valence-electron chi connectivity index (χ4n) is 5.07. The number of rotatable bonds is 5. The van der Waals surface area contributed by atoms with Gasteiger partial charge in [-0.1, -0.05) is 24.3 Å². The SMILES string of the molecule is CCOCCN1C2=NC(C)=C(C)/C(=C/N3C(=O)C(C)C(=O)n4c3nc3ccccc34)N2c2ccccc21. The van der Waals surface area contributed by atoms with Crippen LogP contribution in [0.2, 0.25) is 0 Å². The minimum Gasteiger partial charge on any atom is -0.380 e. The lowest BCUT2D eigenvalue weighted by Gasteiger charge is -2.33. The molecule has 3 aliphatic heterocycles. The number of guanidine groups is 1. The van der Waals surface area contributed by atoms with Gasteiger partial charge in [-0.3, -0.25) is 19.4 Å². The van der Waals surface area contributed by atoms with Crippen molar-refractivity contribution in [1.82, 2.24) is 9.55 Å². The fraction of sp³-hybridized carbons (Fsp3) is 0.286. The van der Waals surface area contributed by atoms with Crippen molar-refractivity contribution in [3.05, 3.63) is 71.7 Å². The summed E-state index contributed by atoms with van der Waals surface area (Å²) in [6.45, 7) is 9.44. The van der Waals surface area contributed by atoms with Crippen LogP contribution in [0, 0.1) is 5.92 Å². The van der Waals surface area contributed by atoms with Gasteiger partial charge < -0.3 is 9.64 Å². The Bertz CT molecular complexity index is 1550. The standard InChI is InChI=1S/C28H28N6O3/c1-5-37-15-14-31-22-12-8-9-13-23(22)33-24(17(2)19(4)29-27(31)33)16-32-25(35)18(3)26(36)34-21-11-7-6-10-20(21)30-28(32)34/h6-13,16,18H,5,14-15H2,1-4H3/b24-16-. The van der Waals surface area contributed by atoms with Gasteiger partial charge in [0.05, 0.1) is 34.7 Å². The van der Waals surface area contributed by atoms with Crippen LogP contribution < -0.4 is 14.7 Å². The maximum atomic E-state index is 13.5. The number of allylic oxidation sites excluding steroid dienone is 2. The molecule has 0 aliphatic carbocycles. The highest BCUT2D eigenvalue weighted by molar-refractivity contribution is 6.20. The summed E-state index contributed by atoms with van der Waals surface area (Å²) in [5, 5.41) is 0. The number of fused-ring (bicyclic) bond motifs is 6. The van der Waals surface area contributed by atoms with E-state index in [1.54, 1.807) is 17.7 Å². The largest absolute Gasteiger partial charge is 0.380 e. The van der Waals surface area contributed by atoms with Gasteiger partial charge in [0.15, 0.2) is 0 Å². The molecule has 4 heterocycles. The van der Waals surface area contributed by atoms with Crippen LogP contribution in [0.15, 0.2) is 76.7 Å². The minimum absolute atomic E-state index is 0.272. The zero-order valence-electron chi connectivity index (χ0n) is 21.3. The Kier molecular flexibility index (Phi) is 5.45. The lowest BCUT2D eigenvalue weighted by molar-refractivity contribution is -0.120. The number of carbonyl (C=O) groups excluding carboxylic acids is 2. The Balaban J connectivity index is 1.52. The molecule has 188 valence electrons. The molecule has 9 nitrogen and oxygen atoms in total. The van der Waals surface area contributed by atoms with E-state index in [9.17, 15) is 9.59 Å². The number of imidazole rings is 1. The summed E-state index contributed by atoms with van der Waals surface area (Å²) in [5.74, 6) is -0.353. The first-order chi connectivity index (χ1) is 17.9. The summed E-state index contributed by atoms with van der Waals surface area (Å²) in [6.07, 6.45) is 1.80. The predicted molar refractivity (Wildman–Crippen MR) is 144 cm³/mol. The molecule has 0 bridgehead atoms. The van der Waals surface area contributed by atoms with Crippen molar-refractivity contribution in [2.75, 3.05) is 34.5 Å². The molecule has 37 heavy (non-hydrogen) atoms. The highest BCUT2D eigenvalue weighted by Crippen LogP contribution is 2.44. The summed E-state index contributed by atoms with van der Waals surface area (Å²) >= 11 is 0. The molecule has 0 N–H and O–H groups in total. The minimum atomic E-state index is -0.836. The number of para-hydroxylation sites is 4. The van der Waals surface area contributed by atoms with E-state index in [1.807, 2.05) is 63.2 Å². The van der Waals surface area contributed by atoms with Gasteiger partial charge in [-0.25, -0.2) is 14.5 Å². The molecule has 0 saturated carbocycles. The van der Waals surface area contributed by atoms with Crippen molar-refractivity contribution in [2.45, 2.75) is 27.7 Å². The van der Waals surface area contributed by atoms with Gasteiger partial charge in [0.1, 0.15) is 5.92 Å². The van der Waals surface area contributed by atoms with E-state index in [0.29, 0.717) is 36.7 Å². The van der Waals surface area contributed by atoms with Crippen LogP contribution in [0.4, 0.5) is 17.3 Å². The third kappa shape index (κ3) is 3.41. The molecule has 6 rings (SSSR count). The lowest BCUT2D eigenvalue weighted by Crippen LogP contribution is -2.46. The summed E-state index contributed by atoms with van der Waals surface area (Å²) in [7, 11) is 0. The number of nitrogens with zero attached hydrogens (tertiary/aromatic N) is 6. The van der Waals surface area contributed by atoms with E-state index < -0.39 is 5.92 Å². The van der Waals surface area contributed by atoms with Crippen LogP contribution in [-0.4, -0.2) is 47.1 Å². The van der Waals surface area contributed by atoms with E-state index in [1.165, 1.54) is 4.90 Å². The Morgan fingerprint density at radius 1 is 1.00 bits per heavy atom. The van der Waals surface area contributed by atoms with Gasteiger partial charge in [-0.2, -0.15) is 0 Å². The molecule has 3 aromatic rings. The third-order valence-electron chi connectivity index (χ3n) is 7.16. The normalized spacial score (nSPS) is 20.1. The molecule has 0 saturated heterocycles. The molecule has 1 aromatic heterocycles. The van der Waals surface area contributed by atoms with Crippen molar-refractivity contribution in [3.63, 3.8) is 0 Å². The van der Waals surface area contributed by atoms with E-state index in [0.717, 1.165) is 34.3 Å². The van der Waals surface area contributed by atoms with E-state index in [2.05, 4.69) is 20.9 Å². The molecule has 0 radical (unpaired) electrons. The number of aliphatic imine (C=N–C) groups is 1. The number of carbonyl (C=O) groups is 2. The molecule has 1 amide bonds. The van der Waals surface area contributed by atoms with Gasteiger partial charge in [-0.15, -0.1) is 0 Å². The van der Waals surface area contributed by atoms with Crippen molar-refractivity contribution in [2.24, 2.45) is 10.9 Å². The Hall–Kier alpha value is -4.24. The molecule has 2 aromatic carbocycles. The summed E-state index contributed by atoms with van der Waals surface area (Å²) in [4.78, 5) is 42.1. The number of amides is 1. The van der Waals surface area contributed by atoms with Crippen LogP contribution in [0.3, 0.4) is 0 Å². The number of hydrogen-bond donors (Lipinski definition) is 0. The zero-order chi connectivity index (χ0) is 25.8. The highest BCUT2D eigenvalue weighted by atomic mass is 16.5. The first-order valence-electron chi connectivity index (χ1n) is 12.5. The molecule has 9 heteroatoms. The number of hydrogen-bond acceptors (Lipinski definition) is 7. The average Bonchev–Trinajstić information content (AvgIpc) is 3.43. The van der Waals surface area contributed by atoms with Crippen molar-refractivity contribution >= 4 is 46.1 Å². The molecular formula is C28H28N6O3. The number of ether oxygens (including phenoxy) is 1. The van der Waals surface area contributed by atoms with Crippen LogP contribution in [-0.2, 0) is 9.53 Å². The second kappa shape index (κ2) is 8.70. The summed E-state index contributed by atoms with van der Waals surface area (Å²) in [5.41, 5.74) is 5.95. The Morgan fingerprint density at radius 2 is 1.73 bits per heavy atom. The molecular weight excluding hydrogens is 468 g/mol. The maximum absolute atomic E-state index is 13.5. The number of benzene rings is 2. The van der Waals surface area contributed by atoms with Crippen molar-refractivity contribution in [3.8, 4) is 0 Å².